The minimum absolute atomic E-state index is 0.0173. The molecule has 2 atom stereocenters. The molecule has 3 heteroatoms. The zero-order chi connectivity index (χ0) is 12.4. The van der Waals surface area contributed by atoms with Crippen molar-refractivity contribution in [3.63, 3.8) is 0 Å². The van der Waals surface area contributed by atoms with Crippen LogP contribution in [0.15, 0.2) is 30.4 Å². The standard InChI is InChI=1S/C14H18N2O/c1-9-4-3-5-10(2)13(9)16-14(17)11-6-7-12(15)8-11/h3-7,11-12H,8,15H2,1-2H3,(H,16,17). The van der Waals surface area contributed by atoms with Crippen LogP contribution in [0.2, 0.25) is 0 Å². The fraction of sp³-hybridized carbons (Fsp3) is 0.357. The van der Waals surface area contributed by atoms with Crippen LogP contribution < -0.4 is 11.1 Å². The van der Waals surface area contributed by atoms with Crippen LogP contribution >= 0.6 is 0 Å². The molecule has 1 aliphatic rings. The van der Waals surface area contributed by atoms with Gasteiger partial charge in [-0.1, -0.05) is 30.4 Å². The van der Waals surface area contributed by atoms with Crippen LogP contribution in [0.25, 0.3) is 0 Å². The first-order valence-corrected chi connectivity index (χ1v) is 5.89. The summed E-state index contributed by atoms with van der Waals surface area (Å²) in [5.74, 6) is -0.0596. The summed E-state index contributed by atoms with van der Waals surface area (Å²) in [4.78, 5) is 12.0. The topological polar surface area (TPSA) is 55.1 Å². The Labute approximate surface area is 102 Å². The molecule has 3 nitrogen and oxygen atoms in total. The molecule has 0 saturated carbocycles. The van der Waals surface area contributed by atoms with Gasteiger partial charge in [0.05, 0.1) is 5.92 Å². The van der Waals surface area contributed by atoms with Crippen LogP contribution in [0.5, 0.6) is 0 Å². The minimum Gasteiger partial charge on any atom is -0.325 e. The summed E-state index contributed by atoms with van der Waals surface area (Å²) < 4.78 is 0. The van der Waals surface area contributed by atoms with E-state index in [-0.39, 0.29) is 17.9 Å². The largest absolute Gasteiger partial charge is 0.325 e. The van der Waals surface area contributed by atoms with E-state index in [1.807, 2.05) is 44.2 Å². The van der Waals surface area contributed by atoms with Crippen LogP contribution in [-0.4, -0.2) is 11.9 Å². The fourth-order valence-electron chi connectivity index (χ4n) is 2.15. The van der Waals surface area contributed by atoms with E-state index >= 15 is 0 Å². The normalized spacial score (nSPS) is 22.8. The number of hydrogen-bond donors (Lipinski definition) is 2. The number of nitrogens with one attached hydrogen (secondary N) is 1. The van der Waals surface area contributed by atoms with Crippen molar-refractivity contribution in [3.05, 3.63) is 41.5 Å². The minimum atomic E-state index is -0.0935. The fourth-order valence-corrected chi connectivity index (χ4v) is 2.15. The summed E-state index contributed by atoms with van der Waals surface area (Å²) in [6.45, 7) is 4.00. The Morgan fingerprint density at radius 3 is 2.47 bits per heavy atom. The number of aryl methyl sites for hydroxylation is 2. The van der Waals surface area contributed by atoms with E-state index in [4.69, 9.17) is 5.73 Å². The Morgan fingerprint density at radius 2 is 1.94 bits per heavy atom. The highest BCUT2D eigenvalue weighted by Crippen LogP contribution is 2.23. The monoisotopic (exact) mass is 230 g/mol. The second kappa shape index (κ2) is 4.72. The average Bonchev–Trinajstić information content (AvgIpc) is 2.70. The lowest BCUT2D eigenvalue weighted by molar-refractivity contribution is -0.118. The van der Waals surface area contributed by atoms with Gasteiger partial charge in [0, 0.05) is 11.7 Å². The van der Waals surface area contributed by atoms with Gasteiger partial charge in [0.15, 0.2) is 0 Å². The SMILES string of the molecule is Cc1cccc(C)c1NC(=O)C1C=CC(N)C1. The first-order valence-electron chi connectivity index (χ1n) is 5.89. The van der Waals surface area contributed by atoms with Gasteiger partial charge in [0.1, 0.15) is 0 Å². The Bertz CT molecular complexity index is 445. The molecule has 2 unspecified atom stereocenters. The molecular formula is C14H18N2O. The van der Waals surface area contributed by atoms with Crippen LogP contribution in [0.3, 0.4) is 0 Å². The molecule has 0 radical (unpaired) electrons. The van der Waals surface area contributed by atoms with Gasteiger partial charge in [-0.15, -0.1) is 0 Å². The highest BCUT2D eigenvalue weighted by molar-refractivity contribution is 5.95. The predicted molar refractivity (Wildman–Crippen MR) is 69.8 cm³/mol. The van der Waals surface area contributed by atoms with Crippen molar-refractivity contribution in [2.24, 2.45) is 11.7 Å². The Balaban J connectivity index is 2.11. The van der Waals surface area contributed by atoms with E-state index in [0.717, 1.165) is 16.8 Å². The maximum absolute atomic E-state index is 12.0. The lowest BCUT2D eigenvalue weighted by Gasteiger charge is -2.14. The van der Waals surface area contributed by atoms with Gasteiger partial charge in [-0.25, -0.2) is 0 Å². The second-order valence-electron chi connectivity index (χ2n) is 4.65. The predicted octanol–water partition coefficient (Wildman–Crippen LogP) is 2.15. The lowest BCUT2D eigenvalue weighted by Crippen LogP contribution is -2.24. The average molecular weight is 230 g/mol. The summed E-state index contributed by atoms with van der Waals surface area (Å²) in [6.07, 6.45) is 4.50. The highest BCUT2D eigenvalue weighted by Gasteiger charge is 2.23. The van der Waals surface area contributed by atoms with E-state index in [0.29, 0.717) is 6.42 Å². The molecule has 90 valence electrons. The third-order valence-electron chi connectivity index (χ3n) is 3.18. The molecule has 0 bridgehead atoms. The Morgan fingerprint density at radius 1 is 1.29 bits per heavy atom. The van der Waals surface area contributed by atoms with Crippen molar-refractivity contribution in [1.82, 2.24) is 0 Å². The van der Waals surface area contributed by atoms with Crippen molar-refractivity contribution in [2.45, 2.75) is 26.3 Å². The van der Waals surface area contributed by atoms with E-state index in [9.17, 15) is 4.79 Å². The number of hydrogen-bond acceptors (Lipinski definition) is 2. The van der Waals surface area contributed by atoms with Crippen molar-refractivity contribution < 1.29 is 4.79 Å². The summed E-state index contributed by atoms with van der Waals surface area (Å²) in [7, 11) is 0. The highest BCUT2D eigenvalue weighted by atomic mass is 16.1. The zero-order valence-electron chi connectivity index (χ0n) is 10.2. The number of para-hydroxylation sites is 1. The third kappa shape index (κ3) is 2.56. The van der Waals surface area contributed by atoms with Crippen LogP contribution in [0.1, 0.15) is 17.5 Å². The molecule has 1 aliphatic carbocycles. The molecule has 0 heterocycles. The van der Waals surface area contributed by atoms with E-state index in [2.05, 4.69) is 5.32 Å². The number of amides is 1. The number of nitrogens with two attached hydrogens (primary N) is 1. The Kier molecular flexibility index (Phi) is 3.29. The molecule has 1 aromatic carbocycles. The van der Waals surface area contributed by atoms with Crippen molar-refractivity contribution >= 4 is 11.6 Å². The van der Waals surface area contributed by atoms with Crippen molar-refractivity contribution in [1.29, 1.82) is 0 Å². The van der Waals surface area contributed by atoms with Gasteiger partial charge >= 0.3 is 0 Å². The number of rotatable bonds is 2. The number of carbonyl (C=O) groups excluding carboxylic acids is 1. The molecule has 17 heavy (non-hydrogen) atoms. The van der Waals surface area contributed by atoms with Crippen molar-refractivity contribution in [3.8, 4) is 0 Å². The molecule has 0 spiro atoms. The first-order chi connectivity index (χ1) is 8.08. The smallest absolute Gasteiger partial charge is 0.231 e. The maximum Gasteiger partial charge on any atom is 0.231 e. The molecule has 0 fully saturated rings. The first kappa shape index (κ1) is 11.9. The van der Waals surface area contributed by atoms with Crippen LogP contribution in [0, 0.1) is 19.8 Å². The van der Waals surface area contributed by atoms with Crippen LogP contribution in [0.4, 0.5) is 5.69 Å². The number of carbonyl (C=O) groups is 1. The van der Waals surface area contributed by atoms with Gasteiger partial charge in [0.25, 0.3) is 0 Å². The summed E-state index contributed by atoms with van der Waals surface area (Å²) in [5, 5.41) is 3.00. The van der Waals surface area contributed by atoms with E-state index in [1.54, 1.807) is 0 Å². The van der Waals surface area contributed by atoms with Gasteiger partial charge in [0.2, 0.25) is 5.91 Å². The maximum atomic E-state index is 12.0. The summed E-state index contributed by atoms with van der Waals surface area (Å²) in [6, 6.07) is 6.01. The lowest BCUT2D eigenvalue weighted by atomic mass is 10.1. The third-order valence-corrected chi connectivity index (χ3v) is 3.18. The number of benzene rings is 1. The second-order valence-corrected chi connectivity index (χ2v) is 4.65. The molecule has 1 aromatic rings. The molecule has 2 rings (SSSR count). The summed E-state index contributed by atoms with van der Waals surface area (Å²) >= 11 is 0. The molecule has 0 saturated heterocycles. The molecule has 0 aliphatic heterocycles. The van der Waals surface area contributed by atoms with Gasteiger partial charge in [-0.2, -0.15) is 0 Å². The van der Waals surface area contributed by atoms with Gasteiger partial charge in [-0.05, 0) is 31.4 Å². The summed E-state index contributed by atoms with van der Waals surface area (Å²) in [5.41, 5.74) is 8.85. The zero-order valence-corrected chi connectivity index (χ0v) is 10.2. The van der Waals surface area contributed by atoms with Gasteiger partial charge in [-0.3, -0.25) is 4.79 Å². The molecule has 3 N–H and O–H groups in total. The van der Waals surface area contributed by atoms with Crippen molar-refractivity contribution in [2.75, 3.05) is 5.32 Å². The molecule has 0 aromatic heterocycles. The Hall–Kier alpha value is -1.61. The van der Waals surface area contributed by atoms with E-state index in [1.165, 1.54) is 0 Å². The quantitative estimate of drug-likeness (QED) is 0.765. The molecular weight excluding hydrogens is 212 g/mol. The molecule has 1 amide bonds. The van der Waals surface area contributed by atoms with Gasteiger partial charge < -0.3 is 11.1 Å². The number of anilines is 1. The van der Waals surface area contributed by atoms with E-state index < -0.39 is 0 Å². The van der Waals surface area contributed by atoms with Crippen LogP contribution in [-0.2, 0) is 4.79 Å².